The van der Waals surface area contributed by atoms with Crippen LogP contribution in [0.5, 0.6) is 0 Å². The Labute approximate surface area is 190 Å². The van der Waals surface area contributed by atoms with Gasteiger partial charge >= 0.3 is 6.09 Å². The number of amides is 2. The number of carbonyl (C=O) groups is 3. The van der Waals surface area contributed by atoms with Crippen LogP contribution < -0.4 is 0 Å². The molecule has 176 valence electrons. The number of nitrogens with zero attached hydrogens (tertiary/aromatic N) is 1. The Morgan fingerprint density at radius 2 is 1.94 bits per heavy atom. The number of hydrogen-bond donors (Lipinski definition) is 2. The highest BCUT2D eigenvalue weighted by molar-refractivity contribution is 9.11. The third-order valence-electron chi connectivity index (χ3n) is 5.53. The van der Waals surface area contributed by atoms with E-state index in [2.05, 4.69) is 15.9 Å². The van der Waals surface area contributed by atoms with Gasteiger partial charge in [0.2, 0.25) is 5.91 Å². The number of aliphatic hydroxyl groups is 2. The van der Waals surface area contributed by atoms with E-state index in [0.717, 1.165) is 4.90 Å². The molecular formula is C21H32BrNO8. The maximum atomic E-state index is 13.3. The quantitative estimate of drug-likeness (QED) is 0.456. The third kappa shape index (κ3) is 5.54. The van der Waals surface area contributed by atoms with Crippen molar-refractivity contribution in [3.63, 3.8) is 0 Å². The van der Waals surface area contributed by atoms with Gasteiger partial charge in [0.05, 0.1) is 29.7 Å². The van der Waals surface area contributed by atoms with Gasteiger partial charge in [-0.15, -0.1) is 0 Å². The lowest BCUT2D eigenvalue weighted by atomic mass is 9.87. The van der Waals surface area contributed by atoms with E-state index in [9.17, 15) is 19.5 Å². The van der Waals surface area contributed by atoms with Crippen molar-refractivity contribution in [2.24, 2.45) is 11.8 Å². The molecule has 0 saturated carbocycles. The van der Waals surface area contributed by atoms with Crippen molar-refractivity contribution in [2.75, 3.05) is 19.8 Å². The lowest BCUT2D eigenvalue weighted by Gasteiger charge is -2.38. The van der Waals surface area contributed by atoms with Gasteiger partial charge in [-0.05, 0) is 48.2 Å². The van der Waals surface area contributed by atoms with Crippen molar-refractivity contribution < 1.29 is 38.8 Å². The normalized spacial score (nSPS) is 29.2. The van der Waals surface area contributed by atoms with E-state index in [0.29, 0.717) is 6.42 Å². The summed E-state index contributed by atoms with van der Waals surface area (Å²) >= 11 is 3.18. The maximum absolute atomic E-state index is 13.3. The van der Waals surface area contributed by atoms with Crippen molar-refractivity contribution in [2.45, 2.75) is 71.0 Å². The molecule has 0 bridgehead atoms. The lowest BCUT2D eigenvalue weighted by molar-refractivity contribution is -0.217. The predicted octanol–water partition coefficient (Wildman–Crippen LogP) is 2.13. The Balaban J connectivity index is 2.18. The molecular weight excluding hydrogens is 474 g/mol. The molecule has 10 heteroatoms. The minimum absolute atomic E-state index is 0.0644. The minimum Gasteiger partial charge on any atom is -0.441 e. The van der Waals surface area contributed by atoms with Gasteiger partial charge in [-0.1, -0.05) is 20.8 Å². The van der Waals surface area contributed by atoms with Gasteiger partial charge in [0.1, 0.15) is 11.7 Å². The van der Waals surface area contributed by atoms with Crippen LogP contribution in [0.4, 0.5) is 4.79 Å². The van der Waals surface area contributed by atoms with Crippen LogP contribution in [0.1, 0.15) is 47.5 Å². The Hall–Kier alpha value is -1.33. The first-order chi connectivity index (χ1) is 14.4. The summed E-state index contributed by atoms with van der Waals surface area (Å²) in [6.07, 6.45) is -0.310. The molecule has 0 aliphatic carbocycles. The molecule has 2 aliphatic heterocycles. The smallest absolute Gasteiger partial charge is 0.417 e. The molecule has 0 spiro atoms. The molecule has 2 aliphatic rings. The highest BCUT2D eigenvalue weighted by Gasteiger charge is 2.54. The largest absolute Gasteiger partial charge is 0.441 e. The van der Waals surface area contributed by atoms with Crippen molar-refractivity contribution in [1.82, 2.24) is 4.90 Å². The fourth-order valence-corrected chi connectivity index (χ4v) is 4.70. The number of halogens is 1. The van der Waals surface area contributed by atoms with Gasteiger partial charge in [-0.2, -0.15) is 0 Å². The first-order valence-corrected chi connectivity index (χ1v) is 11.2. The molecule has 1 fully saturated rings. The fraction of sp³-hybridized carbons (Fsp3) is 0.762. The molecule has 2 rings (SSSR count). The number of aliphatic hydroxyl groups excluding tert-OH is 1. The number of ketones is 1. The van der Waals surface area contributed by atoms with Gasteiger partial charge < -0.3 is 24.4 Å². The molecule has 2 N–H and O–H groups in total. The zero-order valence-electron chi connectivity index (χ0n) is 18.6. The van der Waals surface area contributed by atoms with Crippen molar-refractivity contribution in [3.8, 4) is 0 Å². The highest BCUT2D eigenvalue weighted by Crippen LogP contribution is 2.39. The number of hydrogen-bond acceptors (Lipinski definition) is 8. The molecule has 2 heterocycles. The van der Waals surface area contributed by atoms with E-state index in [-0.39, 0.29) is 36.6 Å². The Kier molecular flexibility index (Phi) is 8.43. The van der Waals surface area contributed by atoms with Crippen LogP contribution in [0.3, 0.4) is 0 Å². The number of cyclic esters (lactones) is 1. The summed E-state index contributed by atoms with van der Waals surface area (Å²) in [6, 6.07) is -0.501. The molecule has 4 atom stereocenters. The SMILES string of the molecule is CC(C)C1N(C(=O)C(C)C2OC(O)(CCCOCCO)C(Br)=CC2=O)C(=O)OC1(C)C. The van der Waals surface area contributed by atoms with Crippen LogP contribution in [0.25, 0.3) is 0 Å². The van der Waals surface area contributed by atoms with Gasteiger partial charge in [-0.25, -0.2) is 9.69 Å². The first-order valence-electron chi connectivity index (χ1n) is 10.4. The topological polar surface area (TPSA) is 123 Å². The van der Waals surface area contributed by atoms with Gasteiger partial charge in [0.25, 0.3) is 0 Å². The molecule has 2 amide bonds. The van der Waals surface area contributed by atoms with E-state index in [4.69, 9.17) is 19.3 Å². The van der Waals surface area contributed by atoms with Crippen LogP contribution in [-0.2, 0) is 23.8 Å². The Morgan fingerprint density at radius 3 is 2.52 bits per heavy atom. The third-order valence-corrected chi connectivity index (χ3v) is 6.38. The van der Waals surface area contributed by atoms with E-state index in [1.165, 1.54) is 13.0 Å². The summed E-state index contributed by atoms with van der Waals surface area (Å²) < 4.78 is 16.5. The Bertz CT molecular complexity index is 737. The van der Waals surface area contributed by atoms with Gasteiger partial charge in [-0.3, -0.25) is 9.59 Å². The summed E-state index contributed by atoms with van der Waals surface area (Å²) in [6.45, 7) is 9.12. The van der Waals surface area contributed by atoms with Crippen molar-refractivity contribution in [1.29, 1.82) is 0 Å². The van der Waals surface area contributed by atoms with E-state index < -0.39 is 47.2 Å². The van der Waals surface area contributed by atoms with E-state index >= 15 is 0 Å². The zero-order chi connectivity index (χ0) is 23.6. The van der Waals surface area contributed by atoms with Crippen LogP contribution in [-0.4, -0.2) is 76.3 Å². The molecule has 0 radical (unpaired) electrons. The average molecular weight is 506 g/mol. The molecule has 0 aromatic rings. The minimum atomic E-state index is -1.81. The van der Waals surface area contributed by atoms with Crippen LogP contribution in [0.2, 0.25) is 0 Å². The van der Waals surface area contributed by atoms with Crippen molar-refractivity contribution >= 4 is 33.7 Å². The number of carbonyl (C=O) groups excluding carboxylic acids is 3. The second-order valence-electron chi connectivity index (χ2n) is 8.81. The highest BCUT2D eigenvalue weighted by atomic mass is 79.9. The summed E-state index contributed by atoms with van der Waals surface area (Å²) in [5.74, 6) is -3.97. The molecule has 0 aromatic carbocycles. The van der Waals surface area contributed by atoms with Gasteiger partial charge in [0.15, 0.2) is 11.6 Å². The summed E-state index contributed by atoms with van der Waals surface area (Å²) in [5, 5.41) is 19.7. The molecule has 9 nitrogen and oxygen atoms in total. The second-order valence-corrected chi connectivity index (χ2v) is 9.67. The average Bonchev–Trinajstić information content (AvgIpc) is 2.92. The van der Waals surface area contributed by atoms with Crippen LogP contribution >= 0.6 is 15.9 Å². The summed E-state index contributed by atoms with van der Waals surface area (Å²) in [5.41, 5.74) is -0.865. The predicted molar refractivity (Wildman–Crippen MR) is 114 cm³/mol. The summed E-state index contributed by atoms with van der Waals surface area (Å²) in [7, 11) is 0. The standard InChI is InChI=1S/C21H32BrNO8/c1-12(2)17-20(4,5)31-19(27)23(17)18(26)13(3)16-14(25)11-15(22)21(28,30-16)7-6-9-29-10-8-24/h11-13,16-17,24,28H,6-10H2,1-5H3. The molecule has 0 aromatic heterocycles. The van der Waals surface area contributed by atoms with Crippen LogP contribution in [0, 0.1) is 11.8 Å². The van der Waals surface area contributed by atoms with Gasteiger partial charge in [0, 0.05) is 13.0 Å². The molecule has 1 saturated heterocycles. The van der Waals surface area contributed by atoms with Crippen LogP contribution in [0.15, 0.2) is 10.6 Å². The van der Waals surface area contributed by atoms with Crippen molar-refractivity contribution in [3.05, 3.63) is 10.6 Å². The van der Waals surface area contributed by atoms with E-state index in [1.807, 2.05) is 13.8 Å². The molecule has 4 unspecified atom stereocenters. The lowest BCUT2D eigenvalue weighted by Crippen LogP contribution is -2.54. The number of ether oxygens (including phenoxy) is 3. The fourth-order valence-electron chi connectivity index (χ4n) is 4.19. The van der Waals surface area contributed by atoms with E-state index in [1.54, 1.807) is 13.8 Å². The number of rotatable bonds is 9. The Morgan fingerprint density at radius 1 is 1.29 bits per heavy atom. The monoisotopic (exact) mass is 505 g/mol. The maximum Gasteiger partial charge on any atom is 0.417 e. The second kappa shape index (κ2) is 10.1. The number of imide groups is 1. The molecule has 31 heavy (non-hydrogen) atoms. The first kappa shape index (κ1) is 25.9. The zero-order valence-corrected chi connectivity index (χ0v) is 20.2. The summed E-state index contributed by atoms with van der Waals surface area (Å²) in [4.78, 5) is 39.4.